The largest absolute Gasteiger partial charge is 0.383 e. The lowest BCUT2D eigenvalue weighted by molar-refractivity contribution is -0.131. The summed E-state index contributed by atoms with van der Waals surface area (Å²) in [7, 11) is 1.65. The molecule has 2 aliphatic rings. The molecule has 3 atom stereocenters. The summed E-state index contributed by atoms with van der Waals surface area (Å²) in [5, 5.41) is 3.00. The first-order valence-corrected chi connectivity index (χ1v) is 8.42. The van der Waals surface area contributed by atoms with E-state index in [0.29, 0.717) is 19.1 Å². The predicted octanol–water partition coefficient (Wildman–Crippen LogP) is 1.29. The minimum absolute atomic E-state index is 0.0109. The first-order valence-electron chi connectivity index (χ1n) is 8.42. The molecule has 0 saturated carbocycles. The van der Waals surface area contributed by atoms with E-state index in [-0.39, 0.29) is 17.9 Å². The second-order valence-electron chi connectivity index (χ2n) is 6.43. The van der Waals surface area contributed by atoms with Gasteiger partial charge in [0, 0.05) is 45.8 Å². The van der Waals surface area contributed by atoms with Crippen LogP contribution in [0.25, 0.3) is 0 Å². The molecule has 3 rings (SSSR count). The number of piperidine rings is 1. The number of ether oxygens (including phenoxy) is 2. The molecule has 0 aromatic heterocycles. The lowest BCUT2D eigenvalue weighted by Crippen LogP contribution is -2.52. The SMILES string of the molecule is COCCNC(=O)[C@@H]1CN(Cc2ccccc2)C[C@H]2OCC[C@H]21. The summed E-state index contributed by atoms with van der Waals surface area (Å²) in [6.45, 7) is 4.49. The van der Waals surface area contributed by atoms with Gasteiger partial charge in [-0.3, -0.25) is 9.69 Å². The van der Waals surface area contributed by atoms with Crippen LogP contribution in [0.3, 0.4) is 0 Å². The number of likely N-dealkylation sites (tertiary alicyclic amines) is 1. The molecule has 0 aliphatic carbocycles. The van der Waals surface area contributed by atoms with Crippen LogP contribution in [0, 0.1) is 11.8 Å². The fourth-order valence-corrected chi connectivity index (χ4v) is 3.71. The topological polar surface area (TPSA) is 50.8 Å². The number of carbonyl (C=O) groups excluding carboxylic acids is 1. The van der Waals surface area contributed by atoms with Crippen molar-refractivity contribution >= 4 is 5.91 Å². The first kappa shape index (κ1) is 16.4. The molecule has 2 saturated heterocycles. The summed E-state index contributed by atoms with van der Waals surface area (Å²) in [4.78, 5) is 14.9. The van der Waals surface area contributed by atoms with Crippen molar-refractivity contribution < 1.29 is 14.3 Å². The molecule has 23 heavy (non-hydrogen) atoms. The quantitative estimate of drug-likeness (QED) is 0.803. The van der Waals surface area contributed by atoms with Gasteiger partial charge >= 0.3 is 0 Å². The molecule has 2 fully saturated rings. The van der Waals surface area contributed by atoms with Crippen LogP contribution < -0.4 is 5.32 Å². The van der Waals surface area contributed by atoms with Gasteiger partial charge in [-0.25, -0.2) is 0 Å². The van der Waals surface area contributed by atoms with Gasteiger partial charge in [-0.05, 0) is 12.0 Å². The number of hydrogen-bond acceptors (Lipinski definition) is 4. The van der Waals surface area contributed by atoms with Crippen molar-refractivity contribution in [3.8, 4) is 0 Å². The molecule has 1 aromatic carbocycles. The lowest BCUT2D eigenvalue weighted by Gasteiger charge is -2.39. The van der Waals surface area contributed by atoms with Crippen LogP contribution in [0.2, 0.25) is 0 Å². The Bertz CT molecular complexity index is 508. The Morgan fingerprint density at radius 1 is 1.35 bits per heavy atom. The van der Waals surface area contributed by atoms with Gasteiger partial charge in [0.1, 0.15) is 0 Å². The van der Waals surface area contributed by atoms with Gasteiger partial charge in [0.2, 0.25) is 5.91 Å². The highest BCUT2D eigenvalue weighted by Gasteiger charge is 2.43. The van der Waals surface area contributed by atoms with Crippen LogP contribution in [0.15, 0.2) is 30.3 Å². The second kappa shape index (κ2) is 7.90. The number of nitrogens with zero attached hydrogens (tertiary/aromatic N) is 1. The lowest BCUT2D eigenvalue weighted by atomic mass is 9.82. The van der Waals surface area contributed by atoms with Gasteiger partial charge in [-0.2, -0.15) is 0 Å². The molecule has 0 unspecified atom stereocenters. The van der Waals surface area contributed by atoms with Crippen molar-refractivity contribution in [2.45, 2.75) is 19.1 Å². The highest BCUT2D eigenvalue weighted by Crippen LogP contribution is 2.34. The zero-order valence-corrected chi connectivity index (χ0v) is 13.7. The molecule has 126 valence electrons. The summed E-state index contributed by atoms with van der Waals surface area (Å²) in [5.74, 6) is 0.502. The van der Waals surface area contributed by atoms with Crippen molar-refractivity contribution in [3.05, 3.63) is 35.9 Å². The maximum atomic E-state index is 12.6. The van der Waals surface area contributed by atoms with Crippen molar-refractivity contribution in [1.82, 2.24) is 10.2 Å². The Balaban J connectivity index is 1.64. The molecule has 5 heteroatoms. The molecule has 5 nitrogen and oxygen atoms in total. The Kier molecular flexibility index (Phi) is 5.65. The van der Waals surface area contributed by atoms with Crippen molar-refractivity contribution in [2.24, 2.45) is 11.8 Å². The Morgan fingerprint density at radius 2 is 2.17 bits per heavy atom. The summed E-state index contributed by atoms with van der Waals surface area (Å²) >= 11 is 0. The molecule has 2 aliphatic heterocycles. The van der Waals surface area contributed by atoms with E-state index in [1.165, 1.54) is 5.56 Å². The number of rotatable bonds is 6. The molecule has 2 heterocycles. The maximum absolute atomic E-state index is 12.6. The standard InChI is InChI=1S/C18H26N2O3/c1-22-10-8-19-18(21)16-12-20(11-14-5-3-2-4-6-14)13-17-15(16)7-9-23-17/h2-6,15-17H,7-13H2,1H3,(H,19,21)/t15-,16+,17+/m0/s1. The normalized spacial score (nSPS) is 27.6. The molecular formula is C18H26N2O3. The molecule has 1 aromatic rings. The maximum Gasteiger partial charge on any atom is 0.224 e. The molecule has 1 amide bonds. The minimum Gasteiger partial charge on any atom is -0.383 e. The summed E-state index contributed by atoms with van der Waals surface area (Å²) in [6, 6.07) is 10.4. The number of methoxy groups -OCH3 is 1. The highest BCUT2D eigenvalue weighted by molar-refractivity contribution is 5.79. The van der Waals surface area contributed by atoms with E-state index in [2.05, 4.69) is 34.5 Å². The summed E-state index contributed by atoms with van der Waals surface area (Å²) < 4.78 is 10.9. The van der Waals surface area contributed by atoms with Crippen LogP contribution in [-0.4, -0.2) is 56.9 Å². The Labute approximate surface area is 137 Å². The van der Waals surface area contributed by atoms with Crippen molar-refractivity contribution in [1.29, 1.82) is 0 Å². The molecule has 0 spiro atoms. The first-order chi connectivity index (χ1) is 11.3. The second-order valence-corrected chi connectivity index (χ2v) is 6.43. The smallest absolute Gasteiger partial charge is 0.224 e. The fourth-order valence-electron chi connectivity index (χ4n) is 3.71. The van der Waals surface area contributed by atoms with Crippen molar-refractivity contribution in [2.75, 3.05) is 40.0 Å². The third-order valence-electron chi connectivity index (χ3n) is 4.86. The number of amides is 1. The van der Waals surface area contributed by atoms with E-state index < -0.39 is 0 Å². The van der Waals surface area contributed by atoms with Crippen LogP contribution >= 0.6 is 0 Å². The number of nitrogens with one attached hydrogen (secondary N) is 1. The average molecular weight is 318 g/mol. The number of hydrogen-bond donors (Lipinski definition) is 1. The fraction of sp³-hybridized carbons (Fsp3) is 0.611. The van der Waals surface area contributed by atoms with E-state index in [1.54, 1.807) is 7.11 Å². The molecule has 0 bridgehead atoms. The van der Waals surface area contributed by atoms with Crippen LogP contribution in [-0.2, 0) is 20.8 Å². The average Bonchev–Trinajstić information content (AvgIpc) is 3.03. The van der Waals surface area contributed by atoms with Gasteiger partial charge in [0.05, 0.1) is 18.6 Å². The highest BCUT2D eigenvalue weighted by atomic mass is 16.5. The van der Waals surface area contributed by atoms with E-state index in [9.17, 15) is 4.79 Å². The van der Waals surface area contributed by atoms with E-state index in [0.717, 1.165) is 32.7 Å². The van der Waals surface area contributed by atoms with Gasteiger partial charge in [0.15, 0.2) is 0 Å². The van der Waals surface area contributed by atoms with Crippen LogP contribution in [0.5, 0.6) is 0 Å². The number of carbonyl (C=O) groups is 1. The van der Waals surface area contributed by atoms with Gasteiger partial charge in [-0.15, -0.1) is 0 Å². The zero-order chi connectivity index (χ0) is 16.1. The van der Waals surface area contributed by atoms with E-state index in [4.69, 9.17) is 9.47 Å². The van der Waals surface area contributed by atoms with E-state index >= 15 is 0 Å². The minimum atomic E-state index is 0.0109. The number of benzene rings is 1. The van der Waals surface area contributed by atoms with Gasteiger partial charge in [0.25, 0.3) is 0 Å². The Hall–Kier alpha value is -1.43. The predicted molar refractivity (Wildman–Crippen MR) is 87.9 cm³/mol. The molecular weight excluding hydrogens is 292 g/mol. The zero-order valence-electron chi connectivity index (χ0n) is 13.7. The third-order valence-corrected chi connectivity index (χ3v) is 4.86. The van der Waals surface area contributed by atoms with Crippen LogP contribution in [0.1, 0.15) is 12.0 Å². The van der Waals surface area contributed by atoms with Gasteiger partial charge in [-0.1, -0.05) is 30.3 Å². The summed E-state index contributed by atoms with van der Waals surface area (Å²) in [6.07, 6.45) is 1.18. The van der Waals surface area contributed by atoms with E-state index in [1.807, 2.05) is 6.07 Å². The molecule has 0 radical (unpaired) electrons. The van der Waals surface area contributed by atoms with Crippen molar-refractivity contribution in [3.63, 3.8) is 0 Å². The molecule has 1 N–H and O–H groups in total. The third kappa shape index (κ3) is 4.10. The van der Waals surface area contributed by atoms with Crippen LogP contribution in [0.4, 0.5) is 0 Å². The number of fused-ring (bicyclic) bond motifs is 1. The Morgan fingerprint density at radius 3 is 2.96 bits per heavy atom. The summed E-state index contributed by atoms with van der Waals surface area (Å²) in [5.41, 5.74) is 1.28. The van der Waals surface area contributed by atoms with Gasteiger partial charge < -0.3 is 14.8 Å². The monoisotopic (exact) mass is 318 g/mol.